The molecule has 0 atom stereocenters. The molecule has 5 nitrogen and oxygen atoms in total. The van der Waals surface area contributed by atoms with Crippen LogP contribution < -0.4 is 5.73 Å². The monoisotopic (exact) mass is 290 g/mol. The van der Waals surface area contributed by atoms with Crippen molar-refractivity contribution in [2.75, 3.05) is 25.1 Å². The molecule has 2 N–H and O–H groups in total. The Morgan fingerprint density at radius 2 is 1.79 bits per heavy atom. The van der Waals surface area contributed by atoms with E-state index < -0.39 is 9.84 Å². The molecule has 0 saturated heterocycles. The minimum absolute atomic E-state index is 0.197. The fraction of sp³-hybridized carbons (Fsp3) is 0.923. The third-order valence-corrected chi connectivity index (χ3v) is 4.35. The van der Waals surface area contributed by atoms with Crippen LogP contribution in [0, 0.1) is 0 Å². The summed E-state index contributed by atoms with van der Waals surface area (Å²) in [6.45, 7) is 1.10. The van der Waals surface area contributed by atoms with Crippen LogP contribution in [0.15, 0.2) is 0 Å². The highest BCUT2D eigenvalue weighted by molar-refractivity contribution is 7.91. The van der Waals surface area contributed by atoms with E-state index in [0.717, 1.165) is 38.4 Å². The Hall–Kier alpha value is -0.620. The molecule has 19 heavy (non-hydrogen) atoms. The van der Waals surface area contributed by atoms with Crippen LogP contribution >= 0.6 is 0 Å². The fourth-order valence-corrected chi connectivity index (χ4v) is 3.26. The number of rotatable bonds is 6. The minimum Gasteiger partial charge on any atom is -0.339 e. The van der Waals surface area contributed by atoms with Crippen molar-refractivity contribution in [2.24, 2.45) is 5.73 Å². The van der Waals surface area contributed by atoms with Gasteiger partial charge < -0.3 is 10.6 Å². The van der Waals surface area contributed by atoms with Crippen molar-refractivity contribution < 1.29 is 13.2 Å². The Balaban J connectivity index is 2.71. The van der Waals surface area contributed by atoms with Gasteiger partial charge in [0, 0.05) is 18.8 Å². The van der Waals surface area contributed by atoms with Crippen molar-refractivity contribution in [2.45, 2.75) is 51.0 Å². The molecule has 1 aliphatic carbocycles. The van der Waals surface area contributed by atoms with Crippen LogP contribution in [0.5, 0.6) is 0 Å². The summed E-state index contributed by atoms with van der Waals surface area (Å²) < 4.78 is 22.6. The van der Waals surface area contributed by atoms with Gasteiger partial charge in [-0.2, -0.15) is 0 Å². The van der Waals surface area contributed by atoms with Crippen molar-refractivity contribution >= 4 is 15.7 Å². The third-order valence-electron chi connectivity index (χ3n) is 3.57. The van der Waals surface area contributed by atoms with Gasteiger partial charge in [-0.05, 0) is 25.8 Å². The molecule has 0 aliphatic heterocycles. The van der Waals surface area contributed by atoms with Crippen LogP contribution in [0.4, 0.5) is 0 Å². The number of hydrogen-bond donors (Lipinski definition) is 1. The maximum absolute atomic E-state index is 12.2. The van der Waals surface area contributed by atoms with E-state index in [0.29, 0.717) is 13.1 Å². The zero-order chi connectivity index (χ0) is 14.3. The second kappa shape index (κ2) is 7.85. The molecule has 0 aromatic carbocycles. The predicted octanol–water partition coefficient (Wildman–Crippen LogP) is 0.931. The van der Waals surface area contributed by atoms with Crippen molar-refractivity contribution in [3.8, 4) is 0 Å². The lowest BCUT2D eigenvalue weighted by Gasteiger charge is -2.31. The molecular formula is C13H26N2O3S. The number of nitrogens with two attached hydrogens (primary N) is 1. The second-order valence-electron chi connectivity index (χ2n) is 5.44. The standard InChI is InChI=1S/C13H26N2O3S/c1-19(17,18)11-13(16)15(10-6-9-14)12-7-4-2-3-5-8-12/h12H,2-11,14H2,1H3. The van der Waals surface area contributed by atoms with E-state index in [9.17, 15) is 13.2 Å². The highest BCUT2D eigenvalue weighted by Gasteiger charge is 2.26. The van der Waals surface area contributed by atoms with Crippen LogP contribution in [0.3, 0.4) is 0 Å². The highest BCUT2D eigenvalue weighted by atomic mass is 32.2. The average molecular weight is 290 g/mol. The van der Waals surface area contributed by atoms with Gasteiger partial charge in [0.25, 0.3) is 0 Å². The van der Waals surface area contributed by atoms with Crippen molar-refractivity contribution in [1.82, 2.24) is 4.90 Å². The van der Waals surface area contributed by atoms with Gasteiger partial charge in [0.2, 0.25) is 5.91 Å². The summed E-state index contributed by atoms with van der Waals surface area (Å²) in [5.41, 5.74) is 5.51. The predicted molar refractivity (Wildman–Crippen MR) is 76.6 cm³/mol. The van der Waals surface area contributed by atoms with Crippen LogP contribution in [0.2, 0.25) is 0 Å². The summed E-state index contributed by atoms with van der Waals surface area (Å²) in [5, 5.41) is 0. The summed E-state index contributed by atoms with van der Waals surface area (Å²) in [4.78, 5) is 13.9. The molecule has 6 heteroatoms. The first-order valence-corrected chi connectivity index (χ1v) is 9.17. The molecule has 112 valence electrons. The molecule has 0 bridgehead atoms. The molecule has 1 amide bonds. The Kier molecular flexibility index (Phi) is 6.79. The molecule has 0 aromatic heterocycles. The van der Waals surface area contributed by atoms with Gasteiger partial charge in [-0.15, -0.1) is 0 Å². The van der Waals surface area contributed by atoms with E-state index in [1.54, 1.807) is 4.90 Å². The Morgan fingerprint density at radius 1 is 1.21 bits per heavy atom. The highest BCUT2D eigenvalue weighted by Crippen LogP contribution is 2.22. The largest absolute Gasteiger partial charge is 0.339 e. The van der Waals surface area contributed by atoms with Gasteiger partial charge in [0.15, 0.2) is 9.84 Å². The smallest absolute Gasteiger partial charge is 0.238 e. The fourth-order valence-electron chi connectivity index (χ4n) is 2.65. The number of amides is 1. The molecule has 0 heterocycles. The lowest BCUT2D eigenvalue weighted by Crippen LogP contribution is -2.44. The van der Waals surface area contributed by atoms with Gasteiger partial charge in [0.05, 0.1) is 0 Å². The van der Waals surface area contributed by atoms with Gasteiger partial charge in [0.1, 0.15) is 5.75 Å². The average Bonchev–Trinajstić information content (AvgIpc) is 2.56. The summed E-state index contributed by atoms with van der Waals surface area (Å²) in [6, 6.07) is 0.197. The third kappa shape index (κ3) is 6.38. The Morgan fingerprint density at radius 3 is 2.26 bits per heavy atom. The van der Waals surface area contributed by atoms with Crippen LogP contribution in [0.1, 0.15) is 44.9 Å². The maximum atomic E-state index is 12.2. The molecular weight excluding hydrogens is 264 g/mol. The molecule has 1 aliphatic rings. The minimum atomic E-state index is -3.26. The Bertz CT molecular complexity index is 373. The van der Waals surface area contributed by atoms with E-state index in [1.807, 2.05) is 0 Å². The van der Waals surface area contributed by atoms with Gasteiger partial charge in [-0.25, -0.2) is 8.42 Å². The van der Waals surface area contributed by atoms with Crippen molar-refractivity contribution in [3.05, 3.63) is 0 Å². The molecule has 1 fully saturated rings. The first-order valence-electron chi connectivity index (χ1n) is 7.11. The Labute approximate surface area is 116 Å². The zero-order valence-corrected chi connectivity index (χ0v) is 12.6. The van der Waals surface area contributed by atoms with E-state index in [1.165, 1.54) is 12.8 Å². The molecule has 0 unspecified atom stereocenters. The van der Waals surface area contributed by atoms with Crippen LogP contribution in [-0.4, -0.2) is 50.4 Å². The number of nitrogens with zero attached hydrogens (tertiary/aromatic N) is 1. The molecule has 0 spiro atoms. The lowest BCUT2D eigenvalue weighted by atomic mass is 10.1. The van der Waals surface area contributed by atoms with E-state index >= 15 is 0 Å². The van der Waals surface area contributed by atoms with E-state index in [-0.39, 0.29) is 17.7 Å². The molecule has 0 aromatic rings. The maximum Gasteiger partial charge on any atom is 0.238 e. The van der Waals surface area contributed by atoms with Crippen molar-refractivity contribution in [1.29, 1.82) is 0 Å². The number of carbonyl (C=O) groups is 1. The topological polar surface area (TPSA) is 80.5 Å². The van der Waals surface area contributed by atoms with Crippen LogP contribution in [-0.2, 0) is 14.6 Å². The lowest BCUT2D eigenvalue weighted by molar-refractivity contribution is -0.131. The summed E-state index contributed by atoms with van der Waals surface area (Å²) in [7, 11) is -3.26. The van der Waals surface area contributed by atoms with E-state index in [2.05, 4.69) is 0 Å². The van der Waals surface area contributed by atoms with Crippen LogP contribution in [0.25, 0.3) is 0 Å². The number of carbonyl (C=O) groups excluding carboxylic acids is 1. The molecule has 1 rings (SSSR count). The van der Waals surface area contributed by atoms with Gasteiger partial charge in [-0.1, -0.05) is 25.7 Å². The SMILES string of the molecule is CS(=O)(=O)CC(=O)N(CCCN)C1CCCCCC1. The molecule has 0 radical (unpaired) electrons. The summed E-state index contributed by atoms with van der Waals surface area (Å²) >= 11 is 0. The normalized spacial score (nSPS) is 18.0. The quantitative estimate of drug-likeness (QED) is 0.738. The molecule has 1 saturated carbocycles. The van der Waals surface area contributed by atoms with Gasteiger partial charge >= 0.3 is 0 Å². The van der Waals surface area contributed by atoms with Gasteiger partial charge in [-0.3, -0.25) is 4.79 Å². The first-order chi connectivity index (χ1) is 8.94. The van der Waals surface area contributed by atoms with Crippen molar-refractivity contribution in [3.63, 3.8) is 0 Å². The van der Waals surface area contributed by atoms with E-state index in [4.69, 9.17) is 5.73 Å². The number of sulfone groups is 1. The summed E-state index contributed by atoms with van der Waals surface area (Å²) in [6.07, 6.45) is 8.47. The first kappa shape index (κ1) is 16.4. The summed E-state index contributed by atoms with van der Waals surface area (Å²) in [5.74, 6) is -0.642. The zero-order valence-electron chi connectivity index (χ0n) is 11.8. The second-order valence-corrected chi connectivity index (χ2v) is 7.59. The number of hydrogen-bond acceptors (Lipinski definition) is 4.